The zero-order chi connectivity index (χ0) is 23.5. The predicted octanol–water partition coefficient (Wildman–Crippen LogP) is 5.44. The minimum Gasteiger partial charge on any atom is -0.355 e. The molecule has 4 rings (SSSR count). The number of hydrogen-bond donors (Lipinski definition) is 0. The van der Waals surface area contributed by atoms with Crippen molar-refractivity contribution < 1.29 is 25.8 Å². The van der Waals surface area contributed by atoms with Crippen LogP contribution in [0.25, 0.3) is 28.1 Å². The van der Waals surface area contributed by atoms with Crippen LogP contribution in [0.1, 0.15) is 5.69 Å². The topological polar surface area (TPSA) is 94.9 Å². The molecule has 0 saturated carbocycles. The molecule has 4 aromatic rings. The molecule has 0 aliphatic rings. The van der Waals surface area contributed by atoms with E-state index in [0.717, 1.165) is 22.8 Å². The monoisotopic (exact) mass is 502 g/mol. The molecule has 166 valence electrons. The van der Waals surface area contributed by atoms with Crippen molar-refractivity contribution in [2.45, 2.75) is 5.51 Å². The van der Waals surface area contributed by atoms with E-state index in [1.54, 1.807) is 12.1 Å². The SMILES string of the molecule is C=Cc1ccc2nc(Cl)ccc2n1.O=S(=O)(Oc1ccc2nc(Cl)ccc2n1)C(F)(F)F. The first-order valence-corrected chi connectivity index (χ1v) is 10.6. The maximum absolute atomic E-state index is 12.1. The fraction of sp³-hybridized carbons (Fsp3) is 0.0526. The van der Waals surface area contributed by atoms with Crippen molar-refractivity contribution in [1.29, 1.82) is 0 Å². The van der Waals surface area contributed by atoms with Crippen LogP contribution in [0.5, 0.6) is 5.88 Å². The van der Waals surface area contributed by atoms with Crippen LogP contribution >= 0.6 is 23.2 Å². The number of aromatic nitrogens is 4. The number of nitrogens with zero attached hydrogens (tertiary/aromatic N) is 4. The summed E-state index contributed by atoms with van der Waals surface area (Å²) in [6, 6.07) is 12.2. The molecule has 0 spiro atoms. The van der Waals surface area contributed by atoms with Crippen molar-refractivity contribution in [1.82, 2.24) is 19.9 Å². The summed E-state index contributed by atoms with van der Waals surface area (Å²) >= 11 is 11.3. The molecule has 0 N–H and O–H groups in total. The first-order valence-electron chi connectivity index (χ1n) is 8.48. The zero-order valence-electron chi connectivity index (χ0n) is 15.7. The second kappa shape index (κ2) is 9.23. The highest BCUT2D eigenvalue weighted by atomic mass is 35.5. The Hall–Kier alpha value is -3.02. The maximum atomic E-state index is 12.1. The molecule has 32 heavy (non-hydrogen) atoms. The van der Waals surface area contributed by atoms with Gasteiger partial charge >= 0.3 is 15.6 Å². The third-order valence-electron chi connectivity index (χ3n) is 3.70. The summed E-state index contributed by atoms with van der Waals surface area (Å²) in [5, 5.41) is 0.659. The lowest BCUT2D eigenvalue weighted by molar-refractivity contribution is -0.0501. The molecule has 13 heteroatoms. The Bertz CT molecular complexity index is 1420. The Morgan fingerprint density at radius 1 is 0.781 bits per heavy atom. The Morgan fingerprint density at radius 2 is 1.25 bits per heavy atom. The first kappa shape index (κ1) is 23.6. The predicted molar refractivity (Wildman–Crippen MR) is 115 cm³/mol. The summed E-state index contributed by atoms with van der Waals surface area (Å²) in [6.07, 6.45) is 1.70. The fourth-order valence-electron chi connectivity index (χ4n) is 2.29. The fourth-order valence-corrected chi connectivity index (χ4v) is 3.01. The third-order valence-corrected chi connectivity index (χ3v) is 5.08. The van der Waals surface area contributed by atoms with Crippen LogP contribution in [0.3, 0.4) is 0 Å². The van der Waals surface area contributed by atoms with Gasteiger partial charge in [-0.25, -0.2) is 19.9 Å². The van der Waals surface area contributed by atoms with E-state index in [9.17, 15) is 21.6 Å². The average Bonchev–Trinajstić information content (AvgIpc) is 2.73. The Kier molecular flexibility index (Phi) is 6.82. The molecule has 0 aromatic carbocycles. The smallest absolute Gasteiger partial charge is 0.355 e. The second-order valence-corrected chi connectivity index (χ2v) is 8.23. The van der Waals surface area contributed by atoms with Gasteiger partial charge in [-0.05, 0) is 48.5 Å². The van der Waals surface area contributed by atoms with Gasteiger partial charge in [-0.1, -0.05) is 29.8 Å². The van der Waals surface area contributed by atoms with E-state index in [1.807, 2.05) is 18.2 Å². The van der Waals surface area contributed by atoms with Crippen LogP contribution < -0.4 is 4.18 Å². The lowest BCUT2D eigenvalue weighted by Crippen LogP contribution is -2.28. The van der Waals surface area contributed by atoms with Crippen molar-refractivity contribution in [2.75, 3.05) is 0 Å². The van der Waals surface area contributed by atoms with Crippen molar-refractivity contribution in [3.05, 3.63) is 71.1 Å². The molecule has 0 atom stereocenters. The number of alkyl halides is 3. The van der Waals surface area contributed by atoms with Gasteiger partial charge in [0.05, 0.1) is 27.8 Å². The molecule has 0 saturated heterocycles. The maximum Gasteiger partial charge on any atom is 0.534 e. The third kappa shape index (κ3) is 5.61. The van der Waals surface area contributed by atoms with Crippen LogP contribution in [0, 0.1) is 0 Å². The molecule has 4 aromatic heterocycles. The minimum absolute atomic E-state index is 0.152. The van der Waals surface area contributed by atoms with Crippen molar-refractivity contribution in [3.63, 3.8) is 0 Å². The van der Waals surface area contributed by atoms with Crippen molar-refractivity contribution in [2.24, 2.45) is 0 Å². The van der Waals surface area contributed by atoms with Gasteiger partial charge in [0.25, 0.3) is 0 Å². The van der Waals surface area contributed by atoms with E-state index >= 15 is 0 Å². The standard InChI is InChI=1S/C10H7ClN2.C9H4ClF3N2O3S/c1-2-7-3-4-9-8(12-7)5-6-10(11)13-9;10-7-3-1-6-5(14-7)2-4-8(15-6)18-19(16,17)9(11,12)13/h2-6H,1H2;1-4H. The summed E-state index contributed by atoms with van der Waals surface area (Å²) < 4.78 is 61.8. The Morgan fingerprint density at radius 3 is 1.78 bits per heavy atom. The van der Waals surface area contributed by atoms with E-state index in [-0.39, 0.29) is 10.7 Å². The summed E-state index contributed by atoms with van der Waals surface area (Å²) in [4.78, 5) is 15.8. The van der Waals surface area contributed by atoms with Gasteiger partial charge in [0.2, 0.25) is 5.88 Å². The number of fused-ring (bicyclic) bond motifs is 2. The Labute approximate surface area is 189 Å². The largest absolute Gasteiger partial charge is 0.534 e. The highest BCUT2D eigenvalue weighted by Gasteiger charge is 2.48. The van der Waals surface area contributed by atoms with Crippen LogP contribution in [0.15, 0.2) is 55.1 Å². The number of hydrogen-bond acceptors (Lipinski definition) is 7. The number of halogens is 5. The molecule has 0 aliphatic carbocycles. The molecule has 0 unspecified atom stereocenters. The summed E-state index contributed by atoms with van der Waals surface area (Å²) in [6.45, 7) is 3.65. The lowest BCUT2D eigenvalue weighted by Gasteiger charge is -2.08. The van der Waals surface area contributed by atoms with Crippen LogP contribution in [0.4, 0.5) is 13.2 Å². The molecular formula is C19H11Cl2F3N4O3S. The molecule has 0 aliphatic heterocycles. The molecular weight excluding hydrogens is 492 g/mol. The first-order chi connectivity index (χ1) is 15.0. The molecule has 0 fully saturated rings. The molecule has 0 bridgehead atoms. The number of rotatable bonds is 3. The Balaban J connectivity index is 0.000000193. The zero-order valence-corrected chi connectivity index (χ0v) is 18.0. The number of pyridine rings is 4. The molecule has 0 amide bonds. The average molecular weight is 503 g/mol. The summed E-state index contributed by atoms with van der Waals surface area (Å²) in [7, 11) is -5.74. The van der Waals surface area contributed by atoms with E-state index in [4.69, 9.17) is 23.2 Å². The van der Waals surface area contributed by atoms with E-state index in [2.05, 4.69) is 30.7 Å². The van der Waals surface area contributed by atoms with Crippen molar-refractivity contribution in [3.8, 4) is 5.88 Å². The lowest BCUT2D eigenvalue weighted by atomic mass is 10.3. The van der Waals surface area contributed by atoms with Gasteiger partial charge in [0.1, 0.15) is 10.3 Å². The highest BCUT2D eigenvalue weighted by Crippen LogP contribution is 2.27. The molecule has 0 radical (unpaired) electrons. The van der Waals surface area contributed by atoms with Crippen LogP contribution in [-0.2, 0) is 10.1 Å². The van der Waals surface area contributed by atoms with Crippen LogP contribution in [0.2, 0.25) is 10.3 Å². The van der Waals surface area contributed by atoms with Gasteiger partial charge in [-0.3, -0.25) is 0 Å². The van der Waals surface area contributed by atoms with E-state index in [1.165, 1.54) is 18.2 Å². The quantitative estimate of drug-likeness (QED) is 0.209. The van der Waals surface area contributed by atoms with Gasteiger partial charge in [0.15, 0.2) is 0 Å². The van der Waals surface area contributed by atoms with Gasteiger partial charge in [-0.15, -0.1) is 0 Å². The van der Waals surface area contributed by atoms with Gasteiger partial charge in [0, 0.05) is 6.07 Å². The molecule has 4 heterocycles. The normalized spacial score (nSPS) is 11.7. The van der Waals surface area contributed by atoms with Crippen LogP contribution in [-0.4, -0.2) is 33.9 Å². The second-order valence-electron chi connectivity index (χ2n) is 5.92. The summed E-state index contributed by atoms with van der Waals surface area (Å²) in [5.41, 5.74) is -2.58. The van der Waals surface area contributed by atoms with Gasteiger partial charge < -0.3 is 4.18 Å². The van der Waals surface area contributed by atoms with E-state index in [0.29, 0.717) is 10.7 Å². The minimum atomic E-state index is -5.74. The highest BCUT2D eigenvalue weighted by molar-refractivity contribution is 7.87. The summed E-state index contributed by atoms with van der Waals surface area (Å²) in [5.74, 6) is -0.700. The molecule has 7 nitrogen and oxygen atoms in total. The van der Waals surface area contributed by atoms with Crippen molar-refractivity contribution >= 4 is 61.5 Å². The van der Waals surface area contributed by atoms with E-state index < -0.39 is 21.5 Å². The van der Waals surface area contributed by atoms with Gasteiger partial charge in [-0.2, -0.15) is 21.6 Å².